The van der Waals surface area contributed by atoms with E-state index in [1.54, 1.807) is 7.11 Å². The smallest absolute Gasteiger partial charge is 0.120 e. The third-order valence-corrected chi connectivity index (χ3v) is 5.13. The lowest BCUT2D eigenvalue weighted by Gasteiger charge is -2.13. The van der Waals surface area contributed by atoms with E-state index >= 15 is 0 Å². The summed E-state index contributed by atoms with van der Waals surface area (Å²) < 4.78 is 5.93. The molecule has 0 saturated heterocycles. The van der Waals surface area contributed by atoms with E-state index in [9.17, 15) is 5.11 Å². The Morgan fingerprint density at radius 3 is 2.67 bits per heavy atom. The highest BCUT2D eigenvalue weighted by Gasteiger charge is 2.19. The monoisotopic (exact) mass is 346 g/mol. The van der Waals surface area contributed by atoms with Gasteiger partial charge in [-0.1, -0.05) is 33.6 Å². The average Bonchev–Trinajstić information content (AvgIpc) is 2.69. The van der Waals surface area contributed by atoms with Crippen molar-refractivity contribution in [2.75, 3.05) is 7.11 Å². The number of ether oxygens (including phenoxy) is 1. The van der Waals surface area contributed by atoms with E-state index in [1.807, 2.05) is 30.5 Å². The summed E-state index contributed by atoms with van der Waals surface area (Å²) >= 11 is 11.1. The number of aliphatic hydroxyl groups is 1. The van der Waals surface area contributed by atoms with Crippen LogP contribution in [0.25, 0.3) is 0 Å². The minimum absolute atomic E-state index is 0.634. The Hall–Kier alpha value is -0.550. The van der Waals surface area contributed by atoms with Crippen LogP contribution in [0.2, 0.25) is 5.02 Å². The van der Waals surface area contributed by atoms with Crippen molar-refractivity contribution in [1.82, 2.24) is 0 Å². The maximum Gasteiger partial charge on any atom is 0.120 e. The van der Waals surface area contributed by atoms with Crippen LogP contribution in [0.5, 0.6) is 5.75 Å². The van der Waals surface area contributed by atoms with Crippen LogP contribution in [-0.2, 0) is 0 Å². The SMILES string of the molecule is COc1ccc(C(O)c2scc(C)c2Cl)c(Br)c1. The number of halogens is 2. The van der Waals surface area contributed by atoms with Crippen LogP contribution in [0.15, 0.2) is 28.1 Å². The third-order valence-electron chi connectivity index (χ3n) is 2.68. The van der Waals surface area contributed by atoms with E-state index in [2.05, 4.69) is 15.9 Å². The standard InChI is InChI=1S/C13H12BrClO2S/c1-7-6-18-13(11(7)15)12(16)9-4-3-8(17-2)5-10(9)14/h3-6,12,16H,1-2H3. The van der Waals surface area contributed by atoms with Crippen LogP contribution >= 0.6 is 38.9 Å². The molecule has 0 radical (unpaired) electrons. The third kappa shape index (κ3) is 2.57. The summed E-state index contributed by atoms with van der Waals surface area (Å²) in [7, 11) is 1.61. The van der Waals surface area contributed by atoms with Gasteiger partial charge >= 0.3 is 0 Å². The van der Waals surface area contributed by atoms with Gasteiger partial charge in [-0.2, -0.15) is 0 Å². The Bertz CT molecular complexity index is 568. The van der Waals surface area contributed by atoms with E-state index < -0.39 is 6.10 Å². The van der Waals surface area contributed by atoms with Gasteiger partial charge in [0.2, 0.25) is 0 Å². The Morgan fingerprint density at radius 1 is 1.44 bits per heavy atom. The quantitative estimate of drug-likeness (QED) is 0.882. The van der Waals surface area contributed by atoms with Gasteiger partial charge in [-0.3, -0.25) is 0 Å². The van der Waals surface area contributed by atoms with Crippen molar-refractivity contribution in [3.8, 4) is 5.75 Å². The van der Waals surface area contributed by atoms with Gasteiger partial charge in [-0.05, 0) is 30.0 Å². The van der Waals surface area contributed by atoms with E-state index in [4.69, 9.17) is 16.3 Å². The predicted molar refractivity (Wildman–Crippen MR) is 78.8 cm³/mol. The fourth-order valence-electron chi connectivity index (χ4n) is 1.63. The number of hydrogen-bond acceptors (Lipinski definition) is 3. The van der Waals surface area contributed by atoms with Crippen molar-refractivity contribution in [2.24, 2.45) is 0 Å². The first-order chi connectivity index (χ1) is 8.54. The van der Waals surface area contributed by atoms with E-state index in [0.717, 1.165) is 26.2 Å². The zero-order valence-electron chi connectivity index (χ0n) is 9.91. The van der Waals surface area contributed by atoms with Gasteiger partial charge in [0.25, 0.3) is 0 Å². The molecular formula is C13H12BrClO2S. The van der Waals surface area contributed by atoms with Gasteiger partial charge in [0.05, 0.1) is 17.0 Å². The van der Waals surface area contributed by atoms with Crippen molar-refractivity contribution in [2.45, 2.75) is 13.0 Å². The fourth-order valence-corrected chi connectivity index (χ4v) is 3.50. The molecule has 96 valence electrons. The van der Waals surface area contributed by atoms with Gasteiger partial charge < -0.3 is 9.84 Å². The molecule has 1 unspecified atom stereocenters. The molecule has 0 fully saturated rings. The van der Waals surface area contributed by atoms with E-state index in [-0.39, 0.29) is 0 Å². The molecule has 0 amide bonds. The summed E-state index contributed by atoms with van der Waals surface area (Å²) in [5, 5.41) is 13.0. The number of aliphatic hydroxyl groups excluding tert-OH is 1. The second-order valence-electron chi connectivity index (χ2n) is 3.89. The second-order valence-corrected chi connectivity index (χ2v) is 6.03. The maximum absolute atomic E-state index is 10.4. The Kier molecular flexibility index (Phi) is 4.33. The molecule has 1 aromatic carbocycles. The Morgan fingerprint density at radius 2 is 2.17 bits per heavy atom. The van der Waals surface area contributed by atoms with Crippen LogP contribution < -0.4 is 4.74 Å². The predicted octanol–water partition coefficient (Wildman–Crippen LogP) is 4.56. The maximum atomic E-state index is 10.4. The minimum atomic E-state index is -0.725. The molecule has 1 heterocycles. The number of benzene rings is 1. The van der Waals surface area contributed by atoms with Gasteiger partial charge in [0, 0.05) is 10.0 Å². The summed E-state index contributed by atoms with van der Waals surface area (Å²) in [6.45, 7) is 1.93. The van der Waals surface area contributed by atoms with Crippen LogP contribution in [0.3, 0.4) is 0 Å². The molecule has 0 aliphatic rings. The molecule has 1 N–H and O–H groups in total. The highest BCUT2D eigenvalue weighted by molar-refractivity contribution is 9.10. The van der Waals surface area contributed by atoms with Crippen molar-refractivity contribution < 1.29 is 9.84 Å². The molecule has 18 heavy (non-hydrogen) atoms. The van der Waals surface area contributed by atoms with Crippen molar-refractivity contribution in [3.05, 3.63) is 49.1 Å². The molecule has 2 aromatic rings. The number of aryl methyl sites for hydroxylation is 1. The fraction of sp³-hybridized carbons (Fsp3) is 0.231. The highest BCUT2D eigenvalue weighted by atomic mass is 79.9. The lowest BCUT2D eigenvalue weighted by Crippen LogP contribution is -1.99. The van der Waals surface area contributed by atoms with Crippen molar-refractivity contribution in [3.63, 3.8) is 0 Å². The Balaban J connectivity index is 2.40. The van der Waals surface area contributed by atoms with Crippen LogP contribution in [0.4, 0.5) is 0 Å². The molecule has 2 nitrogen and oxygen atoms in total. The Labute approximate surface area is 123 Å². The van der Waals surface area contributed by atoms with Crippen molar-refractivity contribution in [1.29, 1.82) is 0 Å². The van der Waals surface area contributed by atoms with Gasteiger partial charge in [-0.25, -0.2) is 0 Å². The van der Waals surface area contributed by atoms with Gasteiger partial charge in [-0.15, -0.1) is 11.3 Å². The molecule has 0 bridgehead atoms. The molecule has 0 aliphatic carbocycles. The average molecular weight is 348 g/mol. The molecule has 0 saturated carbocycles. The second kappa shape index (κ2) is 5.61. The molecule has 1 aromatic heterocycles. The molecule has 0 aliphatic heterocycles. The highest BCUT2D eigenvalue weighted by Crippen LogP contribution is 2.38. The summed E-state index contributed by atoms with van der Waals surface area (Å²) in [6, 6.07) is 5.48. The molecule has 5 heteroatoms. The summed E-state index contributed by atoms with van der Waals surface area (Å²) in [4.78, 5) is 0.764. The first-order valence-corrected chi connectivity index (χ1v) is 7.34. The zero-order chi connectivity index (χ0) is 13.3. The van der Waals surface area contributed by atoms with E-state index in [0.29, 0.717) is 5.02 Å². The van der Waals surface area contributed by atoms with Gasteiger partial charge in [0.1, 0.15) is 11.9 Å². The first-order valence-electron chi connectivity index (χ1n) is 5.29. The summed E-state index contributed by atoms with van der Waals surface area (Å²) in [5.74, 6) is 0.742. The topological polar surface area (TPSA) is 29.5 Å². The number of rotatable bonds is 3. The normalized spacial score (nSPS) is 12.5. The van der Waals surface area contributed by atoms with Crippen LogP contribution in [0, 0.1) is 6.92 Å². The molecule has 2 rings (SSSR count). The van der Waals surface area contributed by atoms with Crippen molar-refractivity contribution >= 4 is 38.9 Å². The molecular weight excluding hydrogens is 336 g/mol. The first kappa shape index (κ1) is 13.9. The summed E-state index contributed by atoms with van der Waals surface area (Å²) in [6.07, 6.45) is -0.725. The minimum Gasteiger partial charge on any atom is -0.497 e. The van der Waals surface area contributed by atoms with Gasteiger partial charge in [0.15, 0.2) is 0 Å². The lowest BCUT2D eigenvalue weighted by molar-refractivity contribution is 0.223. The van der Waals surface area contributed by atoms with E-state index in [1.165, 1.54) is 11.3 Å². The molecule has 1 atom stereocenters. The molecule has 0 spiro atoms. The summed E-state index contributed by atoms with van der Waals surface area (Å²) in [5.41, 5.74) is 1.76. The largest absolute Gasteiger partial charge is 0.497 e. The van der Waals surface area contributed by atoms with Crippen LogP contribution in [-0.4, -0.2) is 12.2 Å². The number of hydrogen-bond donors (Lipinski definition) is 1. The van der Waals surface area contributed by atoms with Crippen LogP contribution in [0.1, 0.15) is 22.1 Å². The number of thiophene rings is 1. The zero-order valence-corrected chi connectivity index (χ0v) is 13.1. The number of methoxy groups -OCH3 is 1. The lowest BCUT2D eigenvalue weighted by atomic mass is 10.1.